The Hall–Kier alpha value is -2.15. The lowest BCUT2D eigenvalue weighted by molar-refractivity contribution is -0.116. The Kier molecular flexibility index (Phi) is 4.01. The molecule has 0 fully saturated rings. The number of anilines is 1. The second kappa shape index (κ2) is 6.09. The van der Waals surface area contributed by atoms with E-state index in [9.17, 15) is 4.79 Å². The molecule has 1 aliphatic heterocycles. The zero-order valence-electron chi connectivity index (χ0n) is 11.6. The number of fused-ring (bicyclic) bond motifs is 1. The van der Waals surface area contributed by atoms with Gasteiger partial charge in [-0.3, -0.25) is 4.79 Å². The Labute approximate surface area is 126 Å². The smallest absolute Gasteiger partial charge is 0.231 e. The SMILES string of the molecule is CCCCC(=O)Nc1nnc(-c2ccc3c(c2)OCO3)s1. The summed E-state index contributed by atoms with van der Waals surface area (Å²) < 4.78 is 10.6. The molecule has 3 rings (SSSR count). The Bertz CT molecular complexity index is 657. The topological polar surface area (TPSA) is 73.3 Å². The van der Waals surface area contributed by atoms with Crippen LogP contribution < -0.4 is 14.8 Å². The van der Waals surface area contributed by atoms with E-state index in [2.05, 4.69) is 22.4 Å². The Balaban J connectivity index is 1.71. The largest absolute Gasteiger partial charge is 0.454 e. The maximum atomic E-state index is 11.7. The van der Waals surface area contributed by atoms with Gasteiger partial charge in [0.05, 0.1) is 0 Å². The number of aromatic nitrogens is 2. The molecule has 1 aliphatic rings. The normalized spacial score (nSPS) is 12.4. The van der Waals surface area contributed by atoms with E-state index < -0.39 is 0 Å². The number of benzene rings is 1. The number of hydrogen-bond acceptors (Lipinski definition) is 6. The van der Waals surface area contributed by atoms with Crippen molar-refractivity contribution >= 4 is 22.4 Å². The minimum absolute atomic E-state index is 0.0229. The van der Waals surface area contributed by atoms with E-state index in [1.165, 1.54) is 11.3 Å². The Morgan fingerprint density at radius 2 is 2.19 bits per heavy atom. The van der Waals surface area contributed by atoms with E-state index in [1.54, 1.807) is 0 Å². The van der Waals surface area contributed by atoms with Gasteiger partial charge in [0.1, 0.15) is 5.01 Å². The molecule has 2 aromatic rings. The molecule has 0 atom stereocenters. The van der Waals surface area contributed by atoms with E-state index in [0.29, 0.717) is 17.3 Å². The monoisotopic (exact) mass is 305 g/mol. The van der Waals surface area contributed by atoms with E-state index >= 15 is 0 Å². The summed E-state index contributed by atoms with van der Waals surface area (Å²) in [6.07, 6.45) is 2.38. The molecule has 1 amide bonds. The Morgan fingerprint density at radius 3 is 3.05 bits per heavy atom. The summed E-state index contributed by atoms with van der Waals surface area (Å²) >= 11 is 1.34. The van der Waals surface area contributed by atoms with E-state index in [-0.39, 0.29) is 12.7 Å². The quantitative estimate of drug-likeness (QED) is 0.919. The highest BCUT2D eigenvalue weighted by molar-refractivity contribution is 7.18. The number of rotatable bonds is 5. The molecule has 0 saturated heterocycles. The number of carbonyl (C=O) groups is 1. The minimum atomic E-state index is -0.0229. The van der Waals surface area contributed by atoms with Crippen molar-refractivity contribution in [2.45, 2.75) is 26.2 Å². The summed E-state index contributed by atoms with van der Waals surface area (Å²) in [4.78, 5) is 11.7. The molecule has 0 spiro atoms. The fourth-order valence-corrected chi connectivity index (χ4v) is 2.70. The molecule has 110 valence electrons. The third-order valence-electron chi connectivity index (χ3n) is 3.05. The van der Waals surface area contributed by atoms with Crippen molar-refractivity contribution in [3.63, 3.8) is 0 Å². The van der Waals surface area contributed by atoms with Crippen LogP contribution in [0.1, 0.15) is 26.2 Å². The van der Waals surface area contributed by atoms with Crippen molar-refractivity contribution in [3.05, 3.63) is 18.2 Å². The first-order valence-corrected chi connectivity index (χ1v) is 7.61. The number of hydrogen-bond donors (Lipinski definition) is 1. The zero-order chi connectivity index (χ0) is 14.7. The van der Waals surface area contributed by atoms with Crippen LogP contribution >= 0.6 is 11.3 Å². The molecule has 1 aromatic carbocycles. The van der Waals surface area contributed by atoms with Gasteiger partial charge in [0.2, 0.25) is 17.8 Å². The lowest BCUT2D eigenvalue weighted by Crippen LogP contribution is -2.10. The lowest BCUT2D eigenvalue weighted by Gasteiger charge is -1.99. The summed E-state index contributed by atoms with van der Waals surface area (Å²) in [5.41, 5.74) is 0.894. The average molecular weight is 305 g/mol. The van der Waals surface area contributed by atoms with Crippen LogP contribution in [0.4, 0.5) is 5.13 Å². The summed E-state index contributed by atoms with van der Waals surface area (Å²) in [5, 5.41) is 12.1. The Morgan fingerprint density at radius 1 is 1.33 bits per heavy atom. The van der Waals surface area contributed by atoms with Crippen molar-refractivity contribution in [2.75, 3.05) is 12.1 Å². The first-order valence-electron chi connectivity index (χ1n) is 6.79. The molecule has 0 radical (unpaired) electrons. The van der Waals surface area contributed by atoms with Gasteiger partial charge in [0, 0.05) is 12.0 Å². The molecular weight excluding hydrogens is 290 g/mol. The lowest BCUT2D eigenvalue weighted by atomic mass is 10.2. The summed E-state index contributed by atoms with van der Waals surface area (Å²) in [6.45, 7) is 2.30. The van der Waals surface area contributed by atoms with Crippen LogP contribution in [0.15, 0.2) is 18.2 Å². The van der Waals surface area contributed by atoms with Gasteiger partial charge in [-0.15, -0.1) is 10.2 Å². The number of ether oxygens (including phenoxy) is 2. The predicted molar refractivity (Wildman–Crippen MR) is 79.6 cm³/mol. The van der Waals surface area contributed by atoms with E-state index in [0.717, 1.165) is 29.2 Å². The maximum absolute atomic E-state index is 11.7. The van der Waals surface area contributed by atoms with Gasteiger partial charge in [0.15, 0.2) is 11.5 Å². The molecule has 1 aromatic heterocycles. The first kappa shape index (κ1) is 13.8. The third kappa shape index (κ3) is 3.13. The van der Waals surface area contributed by atoms with Crippen LogP contribution in [0.3, 0.4) is 0 Å². The molecule has 21 heavy (non-hydrogen) atoms. The molecule has 1 N–H and O–H groups in total. The number of carbonyl (C=O) groups excluding carboxylic acids is 1. The molecule has 2 heterocycles. The van der Waals surface area contributed by atoms with Crippen molar-refractivity contribution < 1.29 is 14.3 Å². The van der Waals surface area contributed by atoms with Gasteiger partial charge < -0.3 is 14.8 Å². The van der Waals surface area contributed by atoms with Crippen LogP contribution in [0.5, 0.6) is 11.5 Å². The van der Waals surface area contributed by atoms with Crippen molar-refractivity contribution in [1.29, 1.82) is 0 Å². The number of nitrogens with one attached hydrogen (secondary N) is 1. The number of unbranched alkanes of at least 4 members (excludes halogenated alkanes) is 1. The number of amides is 1. The van der Waals surface area contributed by atoms with Crippen molar-refractivity contribution in [1.82, 2.24) is 10.2 Å². The van der Waals surface area contributed by atoms with Gasteiger partial charge in [-0.25, -0.2) is 0 Å². The highest BCUT2D eigenvalue weighted by Crippen LogP contribution is 2.37. The van der Waals surface area contributed by atoms with Crippen LogP contribution in [0.2, 0.25) is 0 Å². The van der Waals surface area contributed by atoms with Crippen molar-refractivity contribution in [2.24, 2.45) is 0 Å². The van der Waals surface area contributed by atoms with Crippen LogP contribution in [-0.4, -0.2) is 22.9 Å². The molecule has 0 bridgehead atoms. The van der Waals surface area contributed by atoms with Gasteiger partial charge in [-0.05, 0) is 24.6 Å². The van der Waals surface area contributed by atoms with Gasteiger partial charge in [0.25, 0.3) is 0 Å². The fourth-order valence-electron chi connectivity index (χ4n) is 1.94. The minimum Gasteiger partial charge on any atom is -0.454 e. The van der Waals surface area contributed by atoms with Crippen LogP contribution in [-0.2, 0) is 4.79 Å². The van der Waals surface area contributed by atoms with Crippen LogP contribution in [0.25, 0.3) is 10.6 Å². The molecule has 6 nitrogen and oxygen atoms in total. The molecule has 7 heteroatoms. The third-order valence-corrected chi connectivity index (χ3v) is 3.94. The highest BCUT2D eigenvalue weighted by atomic mass is 32.1. The highest BCUT2D eigenvalue weighted by Gasteiger charge is 2.16. The zero-order valence-corrected chi connectivity index (χ0v) is 12.4. The standard InChI is InChI=1S/C14H15N3O3S/c1-2-3-4-12(18)15-14-17-16-13(21-14)9-5-6-10-11(7-9)20-8-19-10/h5-7H,2-4,8H2,1H3,(H,15,17,18). The number of nitrogens with zero attached hydrogens (tertiary/aromatic N) is 2. The van der Waals surface area contributed by atoms with Gasteiger partial charge in [-0.2, -0.15) is 0 Å². The second-order valence-electron chi connectivity index (χ2n) is 4.63. The van der Waals surface area contributed by atoms with Gasteiger partial charge in [-0.1, -0.05) is 24.7 Å². The van der Waals surface area contributed by atoms with Gasteiger partial charge >= 0.3 is 0 Å². The van der Waals surface area contributed by atoms with Crippen LogP contribution in [0, 0.1) is 0 Å². The predicted octanol–water partition coefficient (Wildman–Crippen LogP) is 3.06. The van der Waals surface area contributed by atoms with E-state index in [4.69, 9.17) is 9.47 Å². The average Bonchev–Trinajstić information content (AvgIpc) is 3.12. The summed E-state index contributed by atoms with van der Waals surface area (Å²) in [7, 11) is 0. The second-order valence-corrected chi connectivity index (χ2v) is 5.61. The molecular formula is C14H15N3O3S. The summed E-state index contributed by atoms with van der Waals surface area (Å²) in [5.74, 6) is 1.41. The molecule has 0 aliphatic carbocycles. The van der Waals surface area contributed by atoms with E-state index in [1.807, 2.05) is 18.2 Å². The molecule has 0 unspecified atom stereocenters. The summed E-state index contributed by atoms with van der Waals surface area (Å²) in [6, 6.07) is 5.61. The maximum Gasteiger partial charge on any atom is 0.231 e. The fraction of sp³-hybridized carbons (Fsp3) is 0.357. The first-order chi connectivity index (χ1) is 10.3. The van der Waals surface area contributed by atoms with Crippen molar-refractivity contribution in [3.8, 4) is 22.1 Å². The molecule has 0 saturated carbocycles.